The molecule has 0 unspecified atom stereocenters. The average Bonchev–Trinajstić information content (AvgIpc) is 2.45. The molecule has 0 atom stereocenters. The normalized spacial score (nSPS) is 10.2. The minimum Gasteiger partial charge on any atom is -0.508 e. The molecule has 0 radical (unpaired) electrons. The number of aryl methyl sites for hydroxylation is 1. The molecule has 0 saturated carbocycles. The highest BCUT2D eigenvalue weighted by Crippen LogP contribution is 2.23. The van der Waals surface area contributed by atoms with Gasteiger partial charge < -0.3 is 15.5 Å². The number of hydrogen-bond acceptors (Lipinski definition) is 5. The van der Waals surface area contributed by atoms with E-state index in [2.05, 4.69) is 5.32 Å². The summed E-state index contributed by atoms with van der Waals surface area (Å²) in [5, 5.41) is 32.6. The Morgan fingerprint density at radius 3 is 2.55 bits per heavy atom. The summed E-state index contributed by atoms with van der Waals surface area (Å²) < 4.78 is 0. The Morgan fingerprint density at radius 1 is 1.18 bits per heavy atom. The van der Waals surface area contributed by atoms with Crippen LogP contribution in [0.4, 0.5) is 5.69 Å². The molecule has 3 N–H and O–H groups in total. The van der Waals surface area contributed by atoms with Gasteiger partial charge in [-0.15, -0.1) is 0 Å². The molecule has 1 amide bonds. The molecule has 0 aromatic heterocycles. The van der Waals surface area contributed by atoms with E-state index in [4.69, 9.17) is 0 Å². The van der Waals surface area contributed by atoms with Crippen molar-refractivity contribution in [2.24, 2.45) is 0 Å². The number of nitrogens with one attached hydrogen (secondary N) is 1. The van der Waals surface area contributed by atoms with E-state index < -0.39 is 10.8 Å². The lowest BCUT2D eigenvalue weighted by atomic mass is 10.1. The smallest absolute Gasteiger partial charge is 0.270 e. The first-order valence-corrected chi connectivity index (χ1v) is 6.42. The highest BCUT2D eigenvalue weighted by atomic mass is 16.6. The van der Waals surface area contributed by atoms with E-state index >= 15 is 0 Å². The molecule has 0 heterocycles. The molecule has 0 aliphatic heterocycles. The van der Waals surface area contributed by atoms with Gasteiger partial charge in [-0.05, 0) is 30.7 Å². The number of aromatic hydroxyl groups is 2. The summed E-state index contributed by atoms with van der Waals surface area (Å²) >= 11 is 0. The van der Waals surface area contributed by atoms with Gasteiger partial charge in [0.25, 0.3) is 11.6 Å². The topological polar surface area (TPSA) is 113 Å². The largest absolute Gasteiger partial charge is 0.508 e. The summed E-state index contributed by atoms with van der Waals surface area (Å²) in [6.45, 7) is 1.68. The fraction of sp³-hybridized carbons (Fsp3) is 0.133. The van der Waals surface area contributed by atoms with Crippen molar-refractivity contribution in [2.75, 3.05) is 0 Å². The lowest BCUT2D eigenvalue weighted by Gasteiger charge is -2.08. The van der Waals surface area contributed by atoms with Gasteiger partial charge in [0.15, 0.2) is 0 Å². The minimum absolute atomic E-state index is 0.0931. The van der Waals surface area contributed by atoms with Crippen LogP contribution in [0.3, 0.4) is 0 Å². The number of nitrogens with zero attached hydrogens (tertiary/aromatic N) is 1. The standard InChI is InChI=1S/C15H14N2O5/c1-9-2-4-12(14(19)6-9)15(20)16-8-10-7-11(17(21)22)3-5-13(10)18/h2-7,18-19H,8H2,1H3,(H,16,20). The van der Waals surface area contributed by atoms with Crippen LogP contribution in [0, 0.1) is 17.0 Å². The second-order valence-corrected chi connectivity index (χ2v) is 4.77. The maximum Gasteiger partial charge on any atom is 0.270 e. The van der Waals surface area contributed by atoms with Crippen LogP contribution >= 0.6 is 0 Å². The summed E-state index contributed by atoms with van der Waals surface area (Å²) in [6, 6.07) is 8.17. The van der Waals surface area contributed by atoms with Crippen molar-refractivity contribution in [3.05, 3.63) is 63.2 Å². The van der Waals surface area contributed by atoms with Crippen LogP contribution in [0.5, 0.6) is 11.5 Å². The average molecular weight is 302 g/mol. The zero-order valence-corrected chi connectivity index (χ0v) is 11.7. The summed E-state index contributed by atoms with van der Waals surface area (Å²) in [4.78, 5) is 22.1. The maximum atomic E-state index is 12.0. The van der Waals surface area contributed by atoms with E-state index in [9.17, 15) is 25.1 Å². The van der Waals surface area contributed by atoms with Gasteiger partial charge in [-0.1, -0.05) is 6.07 Å². The second kappa shape index (κ2) is 6.13. The number of benzene rings is 2. The molecular weight excluding hydrogens is 288 g/mol. The molecule has 0 fully saturated rings. The Kier molecular flexibility index (Phi) is 4.26. The highest BCUT2D eigenvalue weighted by molar-refractivity contribution is 5.96. The first-order chi connectivity index (χ1) is 10.4. The lowest BCUT2D eigenvalue weighted by molar-refractivity contribution is -0.384. The molecule has 2 aromatic rings. The molecule has 2 aromatic carbocycles. The van der Waals surface area contributed by atoms with Crippen LogP contribution in [-0.2, 0) is 6.54 Å². The number of hydrogen-bond donors (Lipinski definition) is 3. The van der Waals surface area contributed by atoms with E-state index in [0.29, 0.717) is 0 Å². The van der Waals surface area contributed by atoms with E-state index in [1.165, 1.54) is 30.3 Å². The number of rotatable bonds is 4. The Morgan fingerprint density at radius 2 is 1.91 bits per heavy atom. The fourth-order valence-electron chi connectivity index (χ4n) is 1.93. The van der Waals surface area contributed by atoms with Gasteiger partial charge in [0.1, 0.15) is 11.5 Å². The number of carbonyl (C=O) groups is 1. The van der Waals surface area contributed by atoms with Crippen LogP contribution < -0.4 is 5.32 Å². The van der Waals surface area contributed by atoms with Crippen molar-refractivity contribution in [3.63, 3.8) is 0 Å². The molecule has 22 heavy (non-hydrogen) atoms. The molecule has 0 aliphatic rings. The van der Waals surface area contributed by atoms with Crippen LogP contribution in [0.2, 0.25) is 0 Å². The predicted octanol–water partition coefficient (Wildman–Crippen LogP) is 2.24. The van der Waals surface area contributed by atoms with E-state index in [-0.39, 0.29) is 34.9 Å². The number of amides is 1. The quantitative estimate of drug-likeness (QED) is 0.592. The summed E-state index contributed by atoms with van der Waals surface area (Å²) in [5.41, 5.74) is 0.940. The van der Waals surface area contributed by atoms with E-state index in [1.807, 2.05) is 0 Å². The van der Waals surface area contributed by atoms with Crippen molar-refractivity contribution in [1.29, 1.82) is 0 Å². The molecule has 0 spiro atoms. The third-order valence-corrected chi connectivity index (χ3v) is 3.11. The number of phenols is 2. The van der Waals surface area contributed by atoms with Crippen molar-refractivity contribution in [2.45, 2.75) is 13.5 Å². The third-order valence-electron chi connectivity index (χ3n) is 3.11. The van der Waals surface area contributed by atoms with Crippen molar-refractivity contribution < 1.29 is 19.9 Å². The van der Waals surface area contributed by atoms with Crippen molar-refractivity contribution in [3.8, 4) is 11.5 Å². The minimum atomic E-state index is -0.587. The Balaban J connectivity index is 2.14. The second-order valence-electron chi connectivity index (χ2n) is 4.77. The van der Waals surface area contributed by atoms with Crippen LogP contribution in [-0.4, -0.2) is 21.0 Å². The first kappa shape index (κ1) is 15.3. The molecule has 0 aliphatic carbocycles. The molecule has 114 valence electrons. The van der Waals surface area contributed by atoms with Gasteiger partial charge in [0.05, 0.1) is 10.5 Å². The zero-order chi connectivity index (χ0) is 16.3. The van der Waals surface area contributed by atoms with Crippen molar-refractivity contribution >= 4 is 11.6 Å². The number of nitro benzene ring substituents is 1. The summed E-state index contributed by atoms with van der Waals surface area (Å²) in [6.07, 6.45) is 0. The molecular formula is C15H14N2O5. The SMILES string of the molecule is Cc1ccc(C(=O)NCc2cc([N+](=O)[O-])ccc2O)c(O)c1. The lowest BCUT2D eigenvalue weighted by Crippen LogP contribution is -2.23. The van der Waals surface area contributed by atoms with Crippen molar-refractivity contribution in [1.82, 2.24) is 5.32 Å². The monoisotopic (exact) mass is 302 g/mol. The first-order valence-electron chi connectivity index (χ1n) is 6.42. The van der Waals surface area contributed by atoms with Crippen LogP contribution in [0.25, 0.3) is 0 Å². The van der Waals surface area contributed by atoms with E-state index in [0.717, 1.165) is 5.56 Å². The van der Waals surface area contributed by atoms with Gasteiger partial charge >= 0.3 is 0 Å². The number of non-ortho nitro benzene ring substituents is 1. The van der Waals surface area contributed by atoms with E-state index in [1.54, 1.807) is 13.0 Å². The maximum absolute atomic E-state index is 12.0. The number of carbonyl (C=O) groups excluding carboxylic acids is 1. The molecule has 0 saturated heterocycles. The predicted molar refractivity (Wildman–Crippen MR) is 78.8 cm³/mol. The molecule has 2 rings (SSSR count). The van der Waals surface area contributed by atoms with Gasteiger partial charge in [-0.2, -0.15) is 0 Å². The third kappa shape index (κ3) is 3.32. The zero-order valence-electron chi connectivity index (χ0n) is 11.7. The molecule has 0 bridgehead atoms. The number of nitro groups is 1. The Labute approximate surface area is 126 Å². The van der Waals surface area contributed by atoms with Gasteiger partial charge in [-0.3, -0.25) is 14.9 Å². The Hall–Kier alpha value is -3.09. The van der Waals surface area contributed by atoms with Gasteiger partial charge in [0.2, 0.25) is 0 Å². The number of phenolic OH excluding ortho intramolecular Hbond substituents is 2. The summed E-state index contributed by atoms with van der Waals surface area (Å²) in [7, 11) is 0. The van der Waals surface area contributed by atoms with Gasteiger partial charge in [-0.25, -0.2) is 0 Å². The molecule has 7 heteroatoms. The van der Waals surface area contributed by atoms with Crippen LogP contribution in [0.15, 0.2) is 36.4 Å². The van der Waals surface area contributed by atoms with Crippen LogP contribution in [0.1, 0.15) is 21.5 Å². The molecule has 7 nitrogen and oxygen atoms in total. The van der Waals surface area contributed by atoms with Gasteiger partial charge in [0, 0.05) is 24.2 Å². The highest BCUT2D eigenvalue weighted by Gasteiger charge is 2.14. The Bertz CT molecular complexity index is 743. The summed E-state index contributed by atoms with van der Waals surface area (Å²) in [5.74, 6) is -0.844. The fourth-order valence-corrected chi connectivity index (χ4v) is 1.93.